The standard InChI is InChI=1S/C23H29FN4O3/c1-31-14-4-9-25-23(26-21-8-3-6-19(16-21)22(29)30)28-12-10-27(11-13-28)17-18-5-2-7-20(24)15-18/h2-3,5-8,15-16H,4,9-14,17H2,1H3,(H,25,26)(H,29,30). The van der Waals surface area contributed by atoms with Crippen LogP contribution in [0.3, 0.4) is 0 Å². The van der Waals surface area contributed by atoms with Crippen LogP contribution in [0.5, 0.6) is 0 Å². The predicted octanol–water partition coefficient (Wildman–Crippen LogP) is 3.15. The van der Waals surface area contributed by atoms with Gasteiger partial charge in [-0.2, -0.15) is 0 Å². The van der Waals surface area contributed by atoms with E-state index in [0.29, 0.717) is 25.4 Å². The van der Waals surface area contributed by atoms with E-state index >= 15 is 0 Å². The van der Waals surface area contributed by atoms with E-state index in [1.165, 1.54) is 6.07 Å². The first-order chi connectivity index (χ1) is 15.0. The Labute approximate surface area is 182 Å². The van der Waals surface area contributed by atoms with Gasteiger partial charge in [0.15, 0.2) is 5.96 Å². The molecular formula is C23H29FN4O3. The van der Waals surface area contributed by atoms with Crippen LogP contribution in [0.25, 0.3) is 0 Å². The summed E-state index contributed by atoms with van der Waals surface area (Å²) in [6.07, 6.45) is 0.802. The van der Waals surface area contributed by atoms with Crippen molar-refractivity contribution >= 4 is 17.6 Å². The molecule has 166 valence electrons. The van der Waals surface area contributed by atoms with Gasteiger partial charge in [-0.05, 0) is 42.3 Å². The lowest BCUT2D eigenvalue weighted by atomic mass is 10.2. The minimum atomic E-state index is -0.965. The number of ether oxygens (including phenoxy) is 1. The number of guanidine groups is 1. The third-order valence-corrected chi connectivity index (χ3v) is 5.10. The molecule has 1 aliphatic heterocycles. The Morgan fingerprint density at radius 2 is 1.94 bits per heavy atom. The molecule has 0 radical (unpaired) electrons. The maximum atomic E-state index is 13.5. The molecule has 3 rings (SSSR count). The number of carboxylic acids is 1. The summed E-state index contributed by atoms with van der Waals surface area (Å²) in [4.78, 5) is 20.5. The Kier molecular flexibility index (Phi) is 8.37. The molecule has 8 heteroatoms. The van der Waals surface area contributed by atoms with Crippen molar-refractivity contribution in [1.82, 2.24) is 9.80 Å². The number of rotatable bonds is 8. The molecule has 2 aromatic carbocycles. The van der Waals surface area contributed by atoms with Crippen molar-refractivity contribution in [2.45, 2.75) is 13.0 Å². The maximum absolute atomic E-state index is 13.5. The Morgan fingerprint density at radius 1 is 1.16 bits per heavy atom. The fourth-order valence-electron chi connectivity index (χ4n) is 3.48. The molecular weight excluding hydrogens is 399 g/mol. The lowest BCUT2D eigenvalue weighted by Gasteiger charge is -2.36. The molecule has 0 saturated carbocycles. The second-order valence-electron chi connectivity index (χ2n) is 7.46. The van der Waals surface area contributed by atoms with Gasteiger partial charge in [-0.1, -0.05) is 18.2 Å². The summed E-state index contributed by atoms with van der Waals surface area (Å²) in [5.74, 6) is -0.452. The molecule has 0 unspecified atom stereocenters. The van der Waals surface area contributed by atoms with Crippen LogP contribution < -0.4 is 5.32 Å². The van der Waals surface area contributed by atoms with Crippen LogP contribution in [0.1, 0.15) is 22.3 Å². The van der Waals surface area contributed by atoms with Gasteiger partial charge in [0.1, 0.15) is 5.82 Å². The number of halogens is 1. The summed E-state index contributed by atoms with van der Waals surface area (Å²) in [6.45, 7) is 5.13. The molecule has 0 bridgehead atoms. The number of piperazine rings is 1. The van der Waals surface area contributed by atoms with E-state index in [0.717, 1.165) is 44.1 Å². The van der Waals surface area contributed by atoms with Crippen molar-refractivity contribution < 1.29 is 19.0 Å². The summed E-state index contributed by atoms with van der Waals surface area (Å²) in [7, 11) is 1.66. The lowest BCUT2D eigenvalue weighted by molar-refractivity contribution is 0.0697. The van der Waals surface area contributed by atoms with Gasteiger partial charge in [0, 0.05) is 58.7 Å². The normalized spacial score (nSPS) is 15.2. The van der Waals surface area contributed by atoms with E-state index in [-0.39, 0.29) is 11.4 Å². The number of anilines is 1. The van der Waals surface area contributed by atoms with Gasteiger partial charge >= 0.3 is 5.97 Å². The Bertz CT molecular complexity index is 898. The molecule has 1 heterocycles. The summed E-state index contributed by atoms with van der Waals surface area (Å²) in [5, 5.41) is 12.5. The smallest absolute Gasteiger partial charge is 0.335 e. The summed E-state index contributed by atoms with van der Waals surface area (Å²) in [5.41, 5.74) is 1.88. The van der Waals surface area contributed by atoms with Crippen LogP contribution in [0, 0.1) is 5.82 Å². The van der Waals surface area contributed by atoms with Crippen LogP contribution in [0.2, 0.25) is 0 Å². The second kappa shape index (κ2) is 11.4. The number of nitrogens with zero attached hydrogens (tertiary/aromatic N) is 3. The molecule has 2 aromatic rings. The van der Waals surface area contributed by atoms with E-state index in [1.54, 1.807) is 37.4 Å². The zero-order chi connectivity index (χ0) is 22.1. The molecule has 0 spiro atoms. The highest BCUT2D eigenvalue weighted by Crippen LogP contribution is 2.14. The first kappa shape index (κ1) is 22.7. The fourth-order valence-corrected chi connectivity index (χ4v) is 3.48. The second-order valence-corrected chi connectivity index (χ2v) is 7.46. The largest absolute Gasteiger partial charge is 0.478 e. The first-order valence-corrected chi connectivity index (χ1v) is 10.4. The maximum Gasteiger partial charge on any atom is 0.335 e. The Balaban J connectivity index is 1.64. The van der Waals surface area contributed by atoms with Crippen molar-refractivity contribution in [3.8, 4) is 0 Å². The van der Waals surface area contributed by atoms with Gasteiger partial charge in [0.2, 0.25) is 0 Å². The van der Waals surface area contributed by atoms with E-state index in [1.807, 2.05) is 12.1 Å². The van der Waals surface area contributed by atoms with E-state index in [2.05, 4.69) is 15.1 Å². The molecule has 1 fully saturated rings. The van der Waals surface area contributed by atoms with Crippen LogP contribution in [0.4, 0.5) is 10.1 Å². The van der Waals surface area contributed by atoms with E-state index < -0.39 is 5.97 Å². The molecule has 1 aliphatic rings. The topological polar surface area (TPSA) is 77.4 Å². The lowest BCUT2D eigenvalue weighted by Crippen LogP contribution is -2.50. The minimum Gasteiger partial charge on any atom is -0.478 e. The van der Waals surface area contributed by atoms with Crippen molar-refractivity contribution in [2.75, 3.05) is 51.8 Å². The van der Waals surface area contributed by atoms with Gasteiger partial charge in [0.25, 0.3) is 0 Å². The average molecular weight is 429 g/mol. The zero-order valence-corrected chi connectivity index (χ0v) is 17.8. The molecule has 0 atom stereocenters. The number of carbonyl (C=O) groups is 1. The molecule has 2 N–H and O–H groups in total. The predicted molar refractivity (Wildman–Crippen MR) is 119 cm³/mol. The fraction of sp³-hybridized carbons (Fsp3) is 0.391. The number of aliphatic imine (C=N–C) groups is 1. The van der Waals surface area contributed by atoms with Crippen LogP contribution in [-0.2, 0) is 11.3 Å². The molecule has 0 amide bonds. The van der Waals surface area contributed by atoms with Crippen molar-refractivity contribution in [2.24, 2.45) is 4.99 Å². The first-order valence-electron chi connectivity index (χ1n) is 10.4. The number of carboxylic acid groups (broad SMARTS) is 1. The third-order valence-electron chi connectivity index (χ3n) is 5.10. The molecule has 7 nitrogen and oxygen atoms in total. The van der Waals surface area contributed by atoms with E-state index in [9.17, 15) is 14.3 Å². The van der Waals surface area contributed by atoms with Crippen molar-refractivity contribution in [1.29, 1.82) is 0 Å². The third kappa shape index (κ3) is 7.04. The number of hydrogen-bond donors (Lipinski definition) is 2. The molecule has 0 aliphatic carbocycles. The molecule has 31 heavy (non-hydrogen) atoms. The Morgan fingerprint density at radius 3 is 2.65 bits per heavy atom. The SMILES string of the molecule is COCCCN=C(Nc1cccc(C(=O)O)c1)N1CCN(Cc2cccc(F)c2)CC1. The van der Waals surface area contributed by atoms with Gasteiger partial charge < -0.3 is 20.1 Å². The number of nitrogens with one attached hydrogen (secondary N) is 1. The zero-order valence-electron chi connectivity index (χ0n) is 17.8. The number of hydrogen-bond acceptors (Lipinski definition) is 4. The van der Waals surface area contributed by atoms with Gasteiger partial charge in [0.05, 0.1) is 5.56 Å². The van der Waals surface area contributed by atoms with Gasteiger partial charge in [-0.15, -0.1) is 0 Å². The Hall–Kier alpha value is -2.97. The van der Waals surface area contributed by atoms with Crippen LogP contribution in [-0.4, -0.2) is 73.3 Å². The quantitative estimate of drug-likeness (QED) is 0.382. The molecule has 0 aromatic heterocycles. The number of methoxy groups -OCH3 is 1. The van der Waals surface area contributed by atoms with E-state index in [4.69, 9.17) is 9.73 Å². The van der Waals surface area contributed by atoms with Crippen LogP contribution in [0.15, 0.2) is 53.5 Å². The minimum absolute atomic E-state index is 0.214. The molecule has 1 saturated heterocycles. The highest BCUT2D eigenvalue weighted by molar-refractivity contribution is 5.95. The number of aromatic carboxylic acids is 1. The highest BCUT2D eigenvalue weighted by Gasteiger charge is 2.20. The monoisotopic (exact) mass is 428 g/mol. The number of benzene rings is 2. The van der Waals surface area contributed by atoms with Crippen LogP contribution >= 0.6 is 0 Å². The summed E-state index contributed by atoms with van der Waals surface area (Å²) < 4.78 is 18.6. The van der Waals surface area contributed by atoms with Crippen molar-refractivity contribution in [3.63, 3.8) is 0 Å². The van der Waals surface area contributed by atoms with Crippen molar-refractivity contribution in [3.05, 3.63) is 65.5 Å². The highest BCUT2D eigenvalue weighted by atomic mass is 19.1. The van der Waals surface area contributed by atoms with Gasteiger partial charge in [-0.3, -0.25) is 9.89 Å². The summed E-state index contributed by atoms with van der Waals surface area (Å²) >= 11 is 0. The average Bonchev–Trinajstić information content (AvgIpc) is 2.77. The summed E-state index contributed by atoms with van der Waals surface area (Å²) in [6, 6.07) is 13.4. The van der Waals surface area contributed by atoms with Gasteiger partial charge in [-0.25, -0.2) is 9.18 Å².